The van der Waals surface area contributed by atoms with E-state index in [0.29, 0.717) is 0 Å². The molecule has 0 saturated carbocycles. The second-order valence-electron chi connectivity index (χ2n) is 5.77. The zero-order valence-corrected chi connectivity index (χ0v) is 12.5. The van der Waals surface area contributed by atoms with Crippen LogP contribution in [0.2, 0.25) is 0 Å². The predicted molar refractivity (Wildman–Crippen MR) is 67.6 cm³/mol. The van der Waals surface area contributed by atoms with Crippen LogP contribution in [0.15, 0.2) is 0 Å². The molecule has 0 bridgehead atoms. The summed E-state index contributed by atoms with van der Waals surface area (Å²) >= 11 is 0. The van der Waals surface area contributed by atoms with Crippen LogP contribution in [-0.2, 0) is 14.2 Å². The van der Waals surface area contributed by atoms with Crippen LogP contribution in [0, 0.1) is 0 Å². The maximum absolute atomic E-state index is 12.9. The van der Waals surface area contributed by atoms with Crippen LogP contribution >= 0.6 is 0 Å². The Labute approximate surface area is 138 Å². The molecule has 2 rings (SSSR count). The van der Waals surface area contributed by atoms with Crippen molar-refractivity contribution < 1.29 is 63.1 Å². The van der Waals surface area contributed by atoms with Crippen LogP contribution in [0.3, 0.4) is 0 Å². The van der Waals surface area contributed by atoms with E-state index in [4.69, 9.17) is 14.6 Å². The molecule has 0 aromatic rings. The predicted octanol–water partition coefficient (Wildman–Crippen LogP) is -3.83. The highest BCUT2D eigenvalue weighted by molar-refractivity contribution is 4.96. The van der Waals surface area contributed by atoms with Gasteiger partial charge in [0, 0.05) is 0 Å². The van der Waals surface area contributed by atoms with E-state index in [1.807, 2.05) is 0 Å². The molecule has 148 valence electrons. The van der Waals surface area contributed by atoms with Crippen molar-refractivity contribution in [1.82, 2.24) is 0 Å². The molecule has 2 aliphatic rings. The summed E-state index contributed by atoms with van der Waals surface area (Å²) in [6.07, 6.45) is -25.7. The molecule has 0 radical (unpaired) electrons. The van der Waals surface area contributed by atoms with E-state index in [0.717, 1.165) is 0 Å². The molecule has 2 aliphatic heterocycles. The van der Waals surface area contributed by atoms with E-state index in [2.05, 4.69) is 4.74 Å². The van der Waals surface area contributed by atoms with Crippen molar-refractivity contribution in [2.75, 3.05) is 6.61 Å². The van der Waals surface area contributed by atoms with E-state index in [9.17, 15) is 43.8 Å². The molecule has 0 aliphatic carbocycles. The molecule has 13 heteroatoms. The highest BCUT2D eigenvalue weighted by Gasteiger charge is 2.57. The Morgan fingerprint density at radius 3 is 2.04 bits per heavy atom. The summed E-state index contributed by atoms with van der Waals surface area (Å²) in [4.78, 5) is 0. The average molecular weight is 380 g/mol. The van der Waals surface area contributed by atoms with Crippen molar-refractivity contribution in [1.29, 1.82) is 0 Å². The van der Waals surface area contributed by atoms with Gasteiger partial charge in [0.2, 0.25) is 0 Å². The van der Waals surface area contributed by atoms with Gasteiger partial charge in [-0.2, -0.15) is 13.2 Å². The fraction of sp³-hybridized carbons (Fsp3) is 1.00. The molecule has 7 N–H and O–H groups in total. The Bertz CT molecular complexity index is 451. The van der Waals surface area contributed by atoms with Gasteiger partial charge in [-0.05, 0) is 0 Å². The van der Waals surface area contributed by atoms with Gasteiger partial charge in [0.05, 0.1) is 6.61 Å². The average Bonchev–Trinajstić information content (AvgIpc) is 2.81. The summed E-state index contributed by atoms with van der Waals surface area (Å²) < 4.78 is 52.8. The fourth-order valence-corrected chi connectivity index (χ4v) is 2.63. The fourth-order valence-electron chi connectivity index (χ4n) is 2.63. The van der Waals surface area contributed by atoms with Gasteiger partial charge in [-0.3, -0.25) is 0 Å². The molecule has 25 heavy (non-hydrogen) atoms. The second kappa shape index (κ2) is 7.56. The third kappa shape index (κ3) is 4.05. The number of hydrogen-bond acceptors (Lipinski definition) is 10. The number of ether oxygens (including phenoxy) is 3. The smallest absolute Gasteiger partial charge is 0.394 e. The topological polar surface area (TPSA) is 169 Å². The molecule has 0 aromatic heterocycles. The lowest BCUT2D eigenvalue weighted by Gasteiger charge is -2.42. The van der Waals surface area contributed by atoms with Gasteiger partial charge in [-0.15, -0.1) is 0 Å². The zero-order valence-electron chi connectivity index (χ0n) is 12.5. The largest absolute Gasteiger partial charge is 0.417 e. The quantitative estimate of drug-likeness (QED) is 0.256. The zero-order chi connectivity index (χ0) is 19.1. The van der Waals surface area contributed by atoms with Crippen molar-refractivity contribution in [3.8, 4) is 0 Å². The summed E-state index contributed by atoms with van der Waals surface area (Å²) in [5.41, 5.74) is 0. The SMILES string of the molecule is OC[C@@H](O)[C@H]1O[C@@H](O)[C@H](O)[C@H]1O[C@H]1O[C@@H](C(F)(F)F)[C@H](O)[C@@H](O)[C@H]1O. The summed E-state index contributed by atoms with van der Waals surface area (Å²) in [6.45, 7) is -0.884. The van der Waals surface area contributed by atoms with Crippen molar-refractivity contribution in [2.24, 2.45) is 0 Å². The minimum atomic E-state index is -5.10. The van der Waals surface area contributed by atoms with Crippen LogP contribution in [0.5, 0.6) is 0 Å². The van der Waals surface area contributed by atoms with Crippen molar-refractivity contribution >= 4 is 0 Å². The van der Waals surface area contributed by atoms with Crippen molar-refractivity contribution in [3.05, 3.63) is 0 Å². The highest BCUT2D eigenvalue weighted by atomic mass is 19.4. The van der Waals surface area contributed by atoms with Crippen molar-refractivity contribution in [2.45, 2.75) is 67.6 Å². The molecule has 10 atom stereocenters. The molecule has 10 nitrogen and oxygen atoms in total. The van der Waals surface area contributed by atoms with Gasteiger partial charge in [0.25, 0.3) is 0 Å². The van der Waals surface area contributed by atoms with Gasteiger partial charge >= 0.3 is 6.18 Å². The van der Waals surface area contributed by atoms with E-state index >= 15 is 0 Å². The second-order valence-corrected chi connectivity index (χ2v) is 5.77. The third-order valence-corrected chi connectivity index (χ3v) is 4.00. The van der Waals surface area contributed by atoms with Gasteiger partial charge < -0.3 is 50.0 Å². The molecule has 0 aromatic carbocycles. The molecule has 2 saturated heterocycles. The van der Waals surface area contributed by atoms with E-state index in [1.54, 1.807) is 0 Å². The monoisotopic (exact) mass is 380 g/mol. The Morgan fingerprint density at radius 2 is 1.52 bits per heavy atom. The van der Waals surface area contributed by atoms with E-state index in [-0.39, 0.29) is 0 Å². The maximum atomic E-state index is 12.9. The van der Waals surface area contributed by atoms with Gasteiger partial charge in [0.1, 0.15) is 42.7 Å². The molecular formula is C12H19F3O10. The normalized spacial score (nSPS) is 47.0. The lowest BCUT2D eigenvalue weighted by Crippen LogP contribution is -2.63. The van der Waals surface area contributed by atoms with E-state index < -0.39 is 74.2 Å². The molecule has 0 unspecified atom stereocenters. The minimum absolute atomic E-state index is 0.884. The number of hydrogen-bond donors (Lipinski definition) is 7. The number of halogens is 3. The standard InChI is InChI=1S/C12H19F3O10/c13-12(14,15)9-4(19)3(18)5(20)11(25-9)24-8-6(21)10(22)23-7(8)2(17)1-16/h2-11,16-22H,1H2/t2-,3-,4-,5-,6-,7-,8-,9-,10-,11+/m1/s1. The first-order valence-electron chi connectivity index (χ1n) is 7.21. The van der Waals surface area contributed by atoms with Gasteiger partial charge in [-0.25, -0.2) is 0 Å². The number of rotatable bonds is 4. The Morgan fingerprint density at radius 1 is 0.920 bits per heavy atom. The maximum Gasteiger partial charge on any atom is 0.417 e. The highest BCUT2D eigenvalue weighted by Crippen LogP contribution is 2.35. The lowest BCUT2D eigenvalue weighted by atomic mass is 9.98. The van der Waals surface area contributed by atoms with Crippen LogP contribution in [0.4, 0.5) is 13.2 Å². The Hall–Kier alpha value is -0.610. The first-order valence-corrected chi connectivity index (χ1v) is 7.21. The molecule has 0 amide bonds. The molecule has 2 fully saturated rings. The number of aliphatic hydroxyl groups excluding tert-OH is 7. The Kier molecular flexibility index (Phi) is 6.26. The van der Waals surface area contributed by atoms with Gasteiger partial charge in [0.15, 0.2) is 18.7 Å². The lowest BCUT2D eigenvalue weighted by molar-refractivity contribution is -0.364. The van der Waals surface area contributed by atoms with Crippen LogP contribution in [-0.4, -0.2) is 110 Å². The summed E-state index contributed by atoms with van der Waals surface area (Å²) in [5, 5.41) is 66.4. The van der Waals surface area contributed by atoms with Crippen molar-refractivity contribution in [3.63, 3.8) is 0 Å². The van der Waals surface area contributed by atoms with Crippen LogP contribution in [0.25, 0.3) is 0 Å². The first-order chi connectivity index (χ1) is 11.5. The molecule has 2 heterocycles. The number of aliphatic hydroxyl groups is 7. The molecule has 0 spiro atoms. The summed E-state index contributed by atoms with van der Waals surface area (Å²) in [6, 6.07) is 0. The number of alkyl halides is 3. The first kappa shape index (κ1) is 20.7. The minimum Gasteiger partial charge on any atom is -0.394 e. The summed E-state index contributed by atoms with van der Waals surface area (Å²) in [7, 11) is 0. The van der Waals surface area contributed by atoms with E-state index in [1.165, 1.54) is 0 Å². The molecular weight excluding hydrogens is 361 g/mol. The third-order valence-electron chi connectivity index (χ3n) is 4.00. The van der Waals surface area contributed by atoms with Gasteiger partial charge in [-0.1, -0.05) is 0 Å². The Balaban J connectivity index is 2.18. The van der Waals surface area contributed by atoms with Crippen LogP contribution in [0.1, 0.15) is 0 Å². The van der Waals surface area contributed by atoms with Crippen LogP contribution < -0.4 is 0 Å². The summed E-state index contributed by atoms with van der Waals surface area (Å²) in [5.74, 6) is 0.